The average molecular weight is 305 g/mol. The summed E-state index contributed by atoms with van der Waals surface area (Å²) in [6.45, 7) is 0. The van der Waals surface area contributed by atoms with E-state index in [0.29, 0.717) is 6.42 Å². The Kier molecular flexibility index (Phi) is 5.11. The maximum atomic E-state index is 11.6. The second kappa shape index (κ2) is 7.04. The predicted molar refractivity (Wildman–Crippen MR) is 78.9 cm³/mol. The number of aliphatic carboxylic acids is 1. The van der Waals surface area contributed by atoms with Gasteiger partial charge in [-0.25, -0.2) is 0 Å². The van der Waals surface area contributed by atoms with Crippen molar-refractivity contribution in [3.8, 4) is 0 Å². The summed E-state index contributed by atoms with van der Waals surface area (Å²) >= 11 is 0. The maximum absolute atomic E-state index is 11.6. The van der Waals surface area contributed by atoms with E-state index in [4.69, 9.17) is 10.8 Å². The highest BCUT2D eigenvalue weighted by atomic mass is 16.4. The van der Waals surface area contributed by atoms with E-state index in [1.54, 1.807) is 0 Å². The van der Waals surface area contributed by atoms with E-state index in [1.807, 2.05) is 30.3 Å². The first kappa shape index (κ1) is 16.0. The molecule has 2 amide bonds. The maximum Gasteiger partial charge on any atom is 0.305 e. The number of hydrogen-bond acceptors (Lipinski definition) is 4. The fourth-order valence-corrected chi connectivity index (χ4v) is 2.61. The van der Waals surface area contributed by atoms with Crippen molar-refractivity contribution in [2.45, 2.75) is 37.4 Å². The van der Waals surface area contributed by atoms with Crippen LogP contribution in [0.5, 0.6) is 0 Å². The number of amides is 2. The van der Waals surface area contributed by atoms with Crippen LogP contribution in [0, 0.1) is 0 Å². The van der Waals surface area contributed by atoms with Crippen molar-refractivity contribution in [1.29, 1.82) is 0 Å². The summed E-state index contributed by atoms with van der Waals surface area (Å²) in [6, 6.07) is 7.74. The van der Waals surface area contributed by atoms with Crippen LogP contribution < -0.4 is 16.4 Å². The first-order chi connectivity index (χ1) is 10.5. The molecular formula is C15H19N3O4. The molecular weight excluding hydrogens is 286 g/mol. The molecule has 7 nitrogen and oxygen atoms in total. The summed E-state index contributed by atoms with van der Waals surface area (Å²) in [7, 11) is 0. The van der Waals surface area contributed by atoms with E-state index in [2.05, 4.69) is 10.6 Å². The van der Waals surface area contributed by atoms with Crippen LogP contribution in [0.3, 0.4) is 0 Å². The molecule has 1 saturated heterocycles. The molecule has 118 valence electrons. The Morgan fingerprint density at radius 3 is 2.64 bits per heavy atom. The molecule has 1 aliphatic heterocycles. The number of rotatable bonds is 7. The zero-order valence-corrected chi connectivity index (χ0v) is 12.0. The Labute approximate surface area is 127 Å². The monoisotopic (exact) mass is 305 g/mol. The Morgan fingerprint density at radius 2 is 2.05 bits per heavy atom. The first-order valence-corrected chi connectivity index (χ1v) is 7.06. The van der Waals surface area contributed by atoms with Crippen LogP contribution in [0.2, 0.25) is 0 Å². The zero-order chi connectivity index (χ0) is 16.1. The average Bonchev–Trinajstić information content (AvgIpc) is 2.78. The Balaban J connectivity index is 2.05. The predicted octanol–water partition coefficient (Wildman–Crippen LogP) is -0.596. The number of carbonyl (C=O) groups excluding carboxylic acids is 2. The highest BCUT2D eigenvalue weighted by molar-refractivity contribution is 5.83. The van der Waals surface area contributed by atoms with Crippen molar-refractivity contribution in [3.05, 3.63) is 35.9 Å². The van der Waals surface area contributed by atoms with Crippen LogP contribution >= 0.6 is 0 Å². The lowest BCUT2D eigenvalue weighted by Crippen LogP contribution is -2.52. The largest absolute Gasteiger partial charge is 0.481 e. The van der Waals surface area contributed by atoms with Crippen molar-refractivity contribution in [3.63, 3.8) is 0 Å². The lowest BCUT2D eigenvalue weighted by molar-refractivity contribution is -0.137. The highest BCUT2D eigenvalue weighted by Gasteiger charge is 2.35. The number of carboxylic acid groups (broad SMARTS) is 1. The summed E-state index contributed by atoms with van der Waals surface area (Å²) in [5.41, 5.74) is 6.36. The van der Waals surface area contributed by atoms with Gasteiger partial charge < -0.3 is 21.5 Å². The fraction of sp³-hybridized carbons (Fsp3) is 0.400. The molecule has 1 heterocycles. The molecule has 2 rings (SSSR count). The number of carboxylic acids is 1. The van der Waals surface area contributed by atoms with Gasteiger partial charge >= 0.3 is 5.97 Å². The van der Waals surface area contributed by atoms with Crippen LogP contribution in [-0.4, -0.2) is 41.0 Å². The minimum absolute atomic E-state index is 0.135. The Bertz CT molecular complexity index is 561. The van der Waals surface area contributed by atoms with Crippen LogP contribution in [-0.2, 0) is 20.8 Å². The molecule has 1 unspecified atom stereocenters. The molecule has 3 atom stereocenters. The lowest BCUT2D eigenvalue weighted by Gasteiger charge is -2.24. The van der Waals surface area contributed by atoms with Crippen LogP contribution in [0.1, 0.15) is 18.4 Å². The SMILES string of the molecule is NC(=O)C(Cc1ccccc1)N[C@@H]1CC(=O)N[C@H]1CC(=O)O. The second-order valence-electron chi connectivity index (χ2n) is 5.39. The zero-order valence-electron chi connectivity index (χ0n) is 12.0. The van der Waals surface area contributed by atoms with Crippen molar-refractivity contribution in [2.24, 2.45) is 5.73 Å². The van der Waals surface area contributed by atoms with Gasteiger partial charge in [-0.1, -0.05) is 30.3 Å². The third-order valence-electron chi connectivity index (χ3n) is 3.67. The minimum Gasteiger partial charge on any atom is -0.481 e. The fourth-order valence-electron chi connectivity index (χ4n) is 2.61. The van der Waals surface area contributed by atoms with Crippen molar-refractivity contribution in [1.82, 2.24) is 10.6 Å². The van der Waals surface area contributed by atoms with E-state index < -0.39 is 30.0 Å². The third kappa shape index (κ3) is 4.29. The molecule has 0 saturated carbocycles. The quantitative estimate of drug-likeness (QED) is 0.536. The number of benzene rings is 1. The second-order valence-corrected chi connectivity index (χ2v) is 5.39. The molecule has 1 aromatic carbocycles. The Hall–Kier alpha value is -2.41. The summed E-state index contributed by atoms with van der Waals surface area (Å²) in [5.74, 6) is -1.76. The van der Waals surface area contributed by atoms with Crippen molar-refractivity contribution in [2.75, 3.05) is 0 Å². The summed E-state index contributed by atoms with van der Waals surface area (Å²) in [6.07, 6.45) is 0.331. The van der Waals surface area contributed by atoms with E-state index in [1.165, 1.54) is 0 Å². The molecule has 1 fully saturated rings. The molecule has 5 N–H and O–H groups in total. The van der Waals surface area contributed by atoms with E-state index in [9.17, 15) is 14.4 Å². The molecule has 1 aromatic rings. The van der Waals surface area contributed by atoms with E-state index >= 15 is 0 Å². The van der Waals surface area contributed by atoms with Gasteiger partial charge in [0.2, 0.25) is 11.8 Å². The molecule has 7 heteroatoms. The molecule has 0 bridgehead atoms. The topological polar surface area (TPSA) is 122 Å². The van der Waals surface area contributed by atoms with Crippen LogP contribution in [0.25, 0.3) is 0 Å². The van der Waals surface area contributed by atoms with Gasteiger partial charge in [0.1, 0.15) is 0 Å². The molecule has 0 aliphatic carbocycles. The van der Waals surface area contributed by atoms with Gasteiger partial charge in [-0.15, -0.1) is 0 Å². The molecule has 0 aromatic heterocycles. The van der Waals surface area contributed by atoms with Crippen molar-refractivity contribution >= 4 is 17.8 Å². The first-order valence-electron chi connectivity index (χ1n) is 7.06. The summed E-state index contributed by atoms with van der Waals surface area (Å²) in [5, 5.41) is 14.5. The van der Waals surface area contributed by atoms with Gasteiger partial charge in [-0.2, -0.15) is 0 Å². The lowest BCUT2D eigenvalue weighted by atomic mass is 10.0. The Morgan fingerprint density at radius 1 is 1.36 bits per heavy atom. The number of carbonyl (C=O) groups is 3. The van der Waals surface area contributed by atoms with Gasteiger partial charge in [0, 0.05) is 12.5 Å². The van der Waals surface area contributed by atoms with Crippen LogP contribution in [0.4, 0.5) is 0 Å². The third-order valence-corrected chi connectivity index (χ3v) is 3.67. The highest BCUT2D eigenvalue weighted by Crippen LogP contribution is 2.14. The number of hydrogen-bond donors (Lipinski definition) is 4. The molecule has 1 aliphatic rings. The van der Waals surface area contributed by atoms with E-state index in [-0.39, 0.29) is 18.7 Å². The summed E-state index contributed by atoms with van der Waals surface area (Å²) in [4.78, 5) is 34.0. The normalized spacial score (nSPS) is 22.1. The minimum atomic E-state index is -1.00. The smallest absolute Gasteiger partial charge is 0.305 e. The van der Waals surface area contributed by atoms with Crippen molar-refractivity contribution < 1.29 is 19.5 Å². The molecule has 22 heavy (non-hydrogen) atoms. The standard InChI is InChI=1S/C15H19N3O4/c16-15(22)12(6-9-4-2-1-3-5-9)17-10-7-13(19)18-11(10)8-14(20)21/h1-5,10-12,17H,6-8H2,(H2,16,22)(H,18,19)(H,20,21)/t10-,11+,12?/m1/s1. The van der Waals surface area contributed by atoms with Gasteiger partial charge in [-0.3, -0.25) is 14.4 Å². The number of nitrogens with two attached hydrogens (primary N) is 1. The van der Waals surface area contributed by atoms with Gasteiger partial charge in [0.05, 0.1) is 18.5 Å². The van der Waals surface area contributed by atoms with Crippen LogP contribution in [0.15, 0.2) is 30.3 Å². The van der Waals surface area contributed by atoms with Gasteiger partial charge in [-0.05, 0) is 12.0 Å². The molecule has 0 radical (unpaired) electrons. The van der Waals surface area contributed by atoms with Gasteiger partial charge in [0.15, 0.2) is 0 Å². The molecule has 0 spiro atoms. The number of primary amides is 1. The number of nitrogens with one attached hydrogen (secondary N) is 2. The van der Waals surface area contributed by atoms with Gasteiger partial charge in [0.25, 0.3) is 0 Å². The summed E-state index contributed by atoms with van der Waals surface area (Å²) < 4.78 is 0. The van der Waals surface area contributed by atoms with E-state index in [0.717, 1.165) is 5.56 Å².